The first-order chi connectivity index (χ1) is 23.8. The third kappa shape index (κ3) is 4.99. The molecule has 0 fully saturated rings. The van der Waals surface area contributed by atoms with E-state index < -0.39 is 0 Å². The zero-order valence-electron chi connectivity index (χ0n) is 26.1. The average Bonchev–Trinajstić information content (AvgIpc) is 3.17. The fourth-order valence-corrected chi connectivity index (χ4v) is 6.79. The van der Waals surface area contributed by atoms with Gasteiger partial charge in [0.05, 0.1) is 11.4 Å². The monoisotopic (exact) mass is 611 g/mol. The van der Waals surface area contributed by atoms with E-state index in [4.69, 9.17) is 9.97 Å². The topological polar surface area (TPSA) is 38.7 Å². The number of hydrogen-bond donors (Lipinski definition) is 0. The van der Waals surface area contributed by atoms with Gasteiger partial charge in [-0.15, -0.1) is 0 Å². The van der Waals surface area contributed by atoms with Crippen LogP contribution in [0.2, 0.25) is 0 Å². The van der Waals surface area contributed by atoms with Crippen molar-refractivity contribution in [3.8, 4) is 56.2 Å². The normalized spacial score (nSPS) is 11.3. The van der Waals surface area contributed by atoms with Crippen molar-refractivity contribution in [2.45, 2.75) is 0 Å². The second-order valence-electron chi connectivity index (χ2n) is 12.1. The van der Waals surface area contributed by atoms with Gasteiger partial charge in [-0.05, 0) is 73.3 Å². The van der Waals surface area contributed by atoms with Crippen molar-refractivity contribution in [3.05, 3.63) is 176 Å². The fourth-order valence-electron chi connectivity index (χ4n) is 6.79. The Balaban J connectivity index is 1.23. The third-order valence-electron chi connectivity index (χ3n) is 9.17. The van der Waals surface area contributed by atoms with E-state index in [1.54, 1.807) is 6.20 Å². The molecule has 9 rings (SSSR count). The van der Waals surface area contributed by atoms with Gasteiger partial charge in [-0.1, -0.05) is 140 Å². The highest BCUT2D eigenvalue weighted by Gasteiger charge is 2.16. The highest BCUT2D eigenvalue weighted by Crippen LogP contribution is 2.37. The number of benzene rings is 7. The van der Waals surface area contributed by atoms with Gasteiger partial charge in [-0.2, -0.15) is 0 Å². The van der Waals surface area contributed by atoms with Crippen LogP contribution < -0.4 is 0 Å². The van der Waals surface area contributed by atoms with Crippen molar-refractivity contribution in [2.75, 3.05) is 0 Å². The van der Waals surface area contributed by atoms with Gasteiger partial charge in [0.25, 0.3) is 0 Å². The summed E-state index contributed by atoms with van der Waals surface area (Å²) >= 11 is 0. The second-order valence-corrected chi connectivity index (χ2v) is 12.1. The second kappa shape index (κ2) is 11.7. The Hall–Kier alpha value is -6.45. The Morgan fingerprint density at radius 3 is 1.77 bits per heavy atom. The molecule has 0 aliphatic rings. The van der Waals surface area contributed by atoms with Gasteiger partial charge in [0, 0.05) is 34.6 Å². The van der Waals surface area contributed by atoms with Crippen LogP contribution in [0.1, 0.15) is 0 Å². The molecule has 0 N–H and O–H groups in total. The lowest BCUT2D eigenvalue weighted by atomic mass is 9.95. The number of nitrogens with zero attached hydrogens (tertiary/aromatic N) is 3. The summed E-state index contributed by atoms with van der Waals surface area (Å²) in [5.41, 5.74) is 9.39. The maximum absolute atomic E-state index is 5.27. The molecule has 0 amide bonds. The van der Waals surface area contributed by atoms with E-state index in [1.807, 2.05) is 12.3 Å². The number of hydrogen-bond acceptors (Lipinski definition) is 3. The van der Waals surface area contributed by atoms with Crippen LogP contribution in [0.25, 0.3) is 88.5 Å². The Kier molecular flexibility index (Phi) is 6.80. The van der Waals surface area contributed by atoms with Crippen molar-refractivity contribution in [2.24, 2.45) is 0 Å². The maximum Gasteiger partial charge on any atom is 0.161 e. The summed E-state index contributed by atoms with van der Waals surface area (Å²) in [5.74, 6) is 0.703. The molecule has 2 aromatic heterocycles. The van der Waals surface area contributed by atoms with Crippen LogP contribution >= 0.6 is 0 Å². The van der Waals surface area contributed by atoms with Gasteiger partial charge in [0.2, 0.25) is 0 Å². The van der Waals surface area contributed by atoms with E-state index in [0.717, 1.165) is 44.6 Å². The quantitative estimate of drug-likeness (QED) is 0.182. The summed E-state index contributed by atoms with van der Waals surface area (Å²) < 4.78 is 0. The molecule has 7 aromatic carbocycles. The molecule has 48 heavy (non-hydrogen) atoms. The number of pyridine rings is 1. The summed E-state index contributed by atoms with van der Waals surface area (Å²) in [5, 5.41) is 7.20. The molecular formula is C45H29N3. The largest absolute Gasteiger partial charge is 0.264 e. The summed E-state index contributed by atoms with van der Waals surface area (Å²) in [7, 11) is 0. The molecule has 0 spiro atoms. The maximum atomic E-state index is 5.27. The summed E-state index contributed by atoms with van der Waals surface area (Å²) in [6.45, 7) is 0. The van der Waals surface area contributed by atoms with Crippen molar-refractivity contribution >= 4 is 32.3 Å². The van der Waals surface area contributed by atoms with Gasteiger partial charge >= 0.3 is 0 Å². The minimum atomic E-state index is 0.703. The summed E-state index contributed by atoms with van der Waals surface area (Å²) in [4.78, 5) is 14.9. The van der Waals surface area contributed by atoms with Crippen LogP contribution in [0.4, 0.5) is 0 Å². The molecule has 3 heteroatoms. The smallest absolute Gasteiger partial charge is 0.161 e. The minimum absolute atomic E-state index is 0.703. The van der Waals surface area contributed by atoms with Crippen LogP contribution in [0.3, 0.4) is 0 Å². The Labute approximate surface area is 278 Å². The molecule has 0 aliphatic heterocycles. The summed E-state index contributed by atoms with van der Waals surface area (Å²) in [6.07, 6.45) is 3.70. The van der Waals surface area contributed by atoms with Gasteiger partial charge < -0.3 is 0 Å². The van der Waals surface area contributed by atoms with Crippen molar-refractivity contribution < 1.29 is 0 Å². The van der Waals surface area contributed by atoms with E-state index >= 15 is 0 Å². The molecule has 0 unspecified atom stereocenters. The van der Waals surface area contributed by atoms with Crippen LogP contribution in [-0.4, -0.2) is 15.0 Å². The predicted octanol–water partition coefficient (Wildman–Crippen LogP) is 11.7. The van der Waals surface area contributed by atoms with E-state index in [0.29, 0.717) is 5.82 Å². The third-order valence-corrected chi connectivity index (χ3v) is 9.17. The lowest BCUT2D eigenvalue weighted by Crippen LogP contribution is -1.97. The molecule has 224 valence electrons. The van der Waals surface area contributed by atoms with Gasteiger partial charge in [-0.3, -0.25) is 4.98 Å². The van der Waals surface area contributed by atoms with Gasteiger partial charge in [0.1, 0.15) is 0 Å². The SMILES string of the molecule is c1cncc(-c2cccc(-c3cc(-c4ccc(-c5cccc6ccccc56)cc4)nc(-c4cc5ccccc5c5ccccc45)n3)c2)c1. The van der Waals surface area contributed by atoms with E-state index in [9.17, 15) is 0 Å². The average molecular weight is 612 g/mol. The van der Waals surface area contributed by atoms with Crippen molar-refractivity contribution in [3.63, 3.8) is 0 Å². The first kappa shape index (κ1) is 27.8. The predicted molar refractivity (Wildman–Crippen MR) is 200 cm³/mol. The van der Waals surface area contributed by atoms with Gasteiger partial charge in [-0.25, -0.2) is 9.97 Å². The van der Waals surface area contributed by atoms with Crippen LogP contribution in [0, 0.1) is 0 Å². The number of fused-ring (bicyclic) bond motifs is 4. The minimum Gasteiger partial charge on any atom is -0.264 e. The standard InChI is InChI=1S/C45H29N3/c1-3-16-37-30(10-1)12-8-20-38(37)31-21-23-32(24-22-31)43-28-44(35-14-7-13-33(26-35)36-15-9-25-46-29-36)48-45(47-43)42-27-34-11-2-4-17-39(34)40-18-5-6-19-41(40)42/h1-29H. The molecule has 0 aliphatic carbocycles. The number of aromatic nitrogens is 3. The van der Waals surface area contributed by atoms with Crippen LogP contribution in [-0.2, 0) is 0 Å². The molecule has 3 nitrogen and oxygen atoms in total. The van der Waals surface area contributed by atoms with Crippen molar-refractivity contribution in [1.29, 1.82) is 0 Å². The zero-order chi connectivity index (χ0) is 31.9. The molecule has 0 atom stereocenters. The molecule has 2 heterocycles. The van der Waals surface area contributed by atoms with E-state index in [1.165, 1.54) is 38.1 Å². The molecule has 0 bridgehead atoms. The lowest BCUT2D eigenvalue weighted by molar-refractivity contribution is 1.19. The fraction of sp³-hybridized carbons (Fsp3) is 0. The van der Waals surface area contributed by atoms with Gasteiger partial charge in [0.15, 0.2) is 5.82 Å². The molecule has 0 radical (unpaired) electrons. The lowest BCUT2D eigenvalue weighted by Gasteiger charge is -2.14. The molecular weight excluding hydrogens is 583 g/mol. The van der Waals surface area contributed by atoms with Crippen molar-refractivity contribution in [1.82, 2.24) is 15.0 Å². The first-order valence-corrected chi connectivity index (χ1v) is 16.2. The number of rotatable bonds is 5. The Morgan fingerprint density at radius 2 is 0.958 bits per heavy atom. The molecule has 0 saturated carbocycles. The van der Waals surface area contributed by atoms with Crippen LogP contribution in [0.5, 0.6) is 0 Å². The van der Waals surface area contributed by atoms with Crippen LogP contribution in [0.15, 0.2) is 176 Å². The molecule has 0 saturated heterocycles. The van der Waals surface area contributed by atoms with E-state index in [-0.39, 0.29) is 0 Å². The zero-order valence-corrected chi connectivity index (χ0v) is 26.1. The highest BCUT2D eigenvalue weighted by molar-refractivity contribution is 6.13. The Bertz CT molecular complexity index is 2600. The first-order valence-electron chi connectivity index (χ1n) is 16.2. The van der Waals surface area contributed by atoms with E-state index in [2.05, 4.69) is 163 Å². The summed E-state index contributed by atoms with van der Waals surface area (Å²) in [6, 6.07) is 57.8. The molecule has 9 aromatic rings. The highest BCUT2D eigenvalue weighted by atomic mass is 14.9. The Morgan fingerprint density at radius 1 is 0.333 bits per heavy atom.